The number of nitrogens with zero attached hydrogens (tertiary/aromatic N) is 6. The molecule has 2 aliphatic rings. The van der Waals surface area contributed by atoms with Crippen LogP contribution in [0.4, 0.5) is 0 Å². The van der Waals surface area contributed by atoms with Crippen LogP contribution in [0, 0.1) is 29.1 Å². The van der Waals surface area contributed by atoms with Crippen LogP contribution in [0.25, 0.3) is 20.9 Å². The third-order valence-corrected chi connectivity index (χ3v) is 6.38. The van der Waals surface area contributed by atoms with E-state index in [0.717, 1.165) is 0 Å². The van der Waals surface area contributed by atoms with Crippen LogP contribution in [0.1, 0.15) is 27.7 Å². The Balaban J connectivity index is 0.000000335. The highest BCUT2D eigenvalue weighted by molar-refractivity contribution is 6.76. The summed E-state index contributed by atoms with van der Waals surface area (Å²) < 4.78 is 19.6. The van der Waals surface area contributed by atoms with E-state index >= 15 is 0 Å². The topological polar surface area (TPSA) is 158 Å². The zero-order valence-corrected chi connectivity index (χ0v) is 21.2. The highest BCUT2D eigenvalue weighted by Crippen LogP contribution is 2.33. The van der Waals surface area contributed by atoms with E-state index in [1.807, 2.05) is 20.8 Å². The molecule has 0 radical (unpaired) electrons. The van der Waals surface area contributed by atoms with E-state index in [1.165, 1.54) is 0 Å². The first-order valence-corrected chi connectivity index (χ1v) is 11.5. The van der Waals surface area contributed by atoms with Gasteiger partial charge in [0, 0.05) is 21.7 Å². The summed E-state index contributed by atoms with van der Waals surface area (Å²) in [6.07, 6.45) is 0.789. The van der Waals surface area contributed by atoms with Gasteiger partial charge in [0.15, 0.2) is 6.29 Å². The average Bonchev–Trinajstić information content (AvgIpc) is 2.76. The molecule has 186 valence electrons. The molecule has 8 atom stereocenters. The molecule has 33 heavy (non-hydrogen) atoms. The number of halogens is 3. The summed E-state index contributed by atoms with van der Waals surface area (Å²) in [6.45, 7) is 12.6. The zero-order chi connectivity index (χ0) is 25.2. The van der Waals surface area contributed by atoms with Crippen molar-refractivity contribution in [1.29, 1.82) is 5.41 Å². The summed E-state index contributed by atoms with van der Waals surface area (Å²) in [6, 6.07) is -0.347. The van der Waals surface area contributed by atoms with Crippen molar-refractivity contribution in [3.05, 3.63) is 33.5 Å². The van der Waals surface area contributed by atoms with Crippen LogP contribution < -0.4 is 0 Å². The van der Waals surface area contributed by atoms with E-state index < -0.39 is 16.0 Å². The lowest BCUT2D eigenvalue weighted by Gasteiger charge is -2.38. The van der Waals surface area contributed by atoms with Gasteiger partial charge in [0.1, 0.15) is 0 Å². The van der Waals surface area contributed by atoms with Gasteiger partial charge >= 0.3 is 0 Å². The number of alkyl halides is 3. The van der Waals surface area contributed by atoms with Crippen molar-refractivity contribution in [2.75, 3.05) is 19.8 Å². The molecule has 0 spiro atoms. The Hall–Kier alpha value is -1.42. The van der Waals surface area contributed by atoms with Gasteiger partial charge in [0.25, 0.3) is 3.79 Å². The Bertz CT molecular complexity index is 756. The highest BCUT2D eigenvalue weighted by Gasteiger charge is 2.39. The second kappa shape index (κ2) is 14.1. The van der Waals surface area contributed by atoms with Gasteiger partial charge < -0.3 is 18.9 Å². The monoisotopic (exact) mass is 525 g/mol. The molecule has 0 amide bonds. The third kappa shape index (κ3) is 9.03. The van der Waals surface area contributed by atoms with Gasteiger partial charge in [-0.3, -0.25) is 5.41 Å². The van der Waals surface area contributed by atoms with Gasteiger partial charge in [-0.05, 0) is 22.9 Å². The first-order valence-electron chi connectivity index (χ1n) is 10.3. The van der Waals surface area contributed by atoms with Gasteiger partial charge in [0.2, 0.25) is 12.2 Å². The Kier molecular flexibility index (Phi) is 12.6. The predicted octanol–water partition coefficient (Wildman–Crippen LogP) is 6.15. The molecule has 2 aliphatic heterocycles. The molecular formula is C19H30Cl3N7O4. The molecule has 2 rings (SSSR count). The molecule has 1 N–H and O–H groups in total. The summed E-state index contributed by atoms with van der Waals surface area (Å²) in [5.74, 6) is -0.0535. The Labute approximate surface area is 208 Å². The van der Waals surface area contributed by atoms with Crippen LogP contribution in [0.2, 0.25) is 0 Å². The minimum Gasteiger partial charge on any atom is -0.448 e. The molecule has 0 aromatic heterocycles. The van der Waals surface area contributed by atoms with E-state index in [9.17, 15) is 0 Å². The van der Waals surface area contributed by atoms with E-state index in [1.54, 1.807) is 6.08 Å². The maximum absolute atomic E-state index is 8.43. The lowest BCUT2D eigenvalue weighted by Crippen LogP contribution is -2.45. The summed E-state index contributed by atoms with van der Waals surface area (Å²) >= 11 is 16.6. The van der Waals surface area contributed by atoms with Crippen LogP contribution in [-0.2, 0) is 18.9 Å². The predicted molar refractivity (Wildman–Crippen MR) is 127 cm³/mol. The molecule has 0 aromatic carbocycles. The molecular weight excluding hydrogens is 497 g/mol. The van der Waals surface area contributed by atoms with Crippen LogP contribution >= 0.6 is 34.8 Å². The van der Waals surface area contributed by atoms with Crippen molar-refractivity contribution < 1.29 is 18.9 Å². The van der Waals surface area contributed by atoms with E-state index in [4.69, 9.17) is 70.2 Å². The van der Waals surface area contributed by atoms with E-state index in [2.05, 4.69) is 33.6 Å². The fourth-order valence-corrected chi connectivity index (χ4v) is 3.42. The first kappa shape index (κ1) is 29.6. The van der Waals surface area contributed by atoms with E-state index in [0.29, 0.717) is 13.2 Å². The van der Waals surface area contributed by atoms with Crippen molar-refractivity contribution >= 4 is 40.7 Å². The van der Waals surface area contributed by atoms with Crippen molar-refractivity contribution in [1.82, 2.24) is 0 Å². The van der Waals surface area contributed by atoms with Gasteiger partial charge in [-0.15, -0.1) is 6.58 Å². The van der Waals surface area contributed by atoms with Gasteiger partial charge in [-0.1, -0.05) is 78.8 Å². The second-order valence-electron chi connectivity index (χ2n) is 7.95. The Morgan fingerprint density at radius 1 is 1.00 bits per heavy atom. The smallest absolute Gasteiger partial charge is 0.265 e. The lowest BCUT2D eigenvalue weighted by molar-refractivity contribution is -0.201. The van der Waals surface area contributed by atoms with Crippen LogP contribution in [-0.4, -0.2) is 54.2 Å². The third-order valence-electron chi connectivity index (χ3n) is 5.86. The molecule has 0 aromatic rings. The molecule has 0 bridgehead atoms. The number of azide groups is 2. The zero-order valence-electron chi connectivity index (χ0n) is 19.0. The van der Waals surface area contributed by atoms with Crippen molar-refractivity contribution in [2.24, 2.45) is 33.9 Å². The molecule has 0 aliphatic carbocycles. The Morgan fingerprint density at radius 2 is 1.45 bits per heavy atom. The van der Waals surface area contributed by atoms with E-state index in [-0.39, 0.29) is 48.7 Å². The second-order valence-corrected chi connectivity index (χ2v) is 10.2. The number of hydrogen-bond acceptors (Lipinski definition) is 7. The number of rotatable bonds is 6. The number of hydrogen-bond donors (Lipinski definition) is 1. The molecule has 2 heterocycles. The molecule has 2 fully saturated rings. The largest absolute Gasteiger partial charge is 0.448 e. The van der Waals surface area contributed by atoms with Gasteiger partial charge in [-0.2, -0.15) is 0 Å². The van der Waals surface area contributed by atoms with Gasteiger partial charge in [0.05, 0.1) is 31.9 Å². The molecule has 0 saturated carbocycles. The van der Waals surface area contributed by atoms with Crippen LogP contribution in [0.5, 0.6) is 0 Å². The molecule has 14 heteroatoms. The molecule has 2 saturated heterocycles. The fourth-order valence-electron chi connectivity index (χ4n) is 3.29. The summed E-state index contributed by atoms with van der Waals surface area (Å²) in [7, 11) is 0. The van der Waals surface area contributed by atoms with Crippen LogP contribution in [0.15, 0.2) is 22.9 Å². The quantitative estimate of drug-likeness (QED) is 0.0836. The van der Waals surface area contributed by atoms with Crippen molar-refractivity contribution in [3.8, 4) is 0 Å². The van der Waals surface area contributed by atoms with Crippen molar-refractivity contribution in [2.45, 2.75) is 56.2 Å². The fraction of sp³-hybridized carbons (Fsp3) is 0.842. The van der Waals surface area contributed by atoms with Gasteiger partial charge in [-0.25, -0.2) is 0 Å². The van der Waals surface area contributed by atoms with Crippen molar-refractivity contribution in [3.63, 3.8) is 0 Å². The maximum atomic E-state index is 8.43. The Morgan fingerprint density at radius 3 is 1.88 bits per heavy atom. The summed E-state index contributed by atoms with van der Waals surface area (Å²) in [5, 5.41) is 14.8. The maximum Gasteiger partial charge on any atom is 0.265 e. The van der Waals surface area contributed by atoms with Crippen LogP contribution in [0.3, 0.4) is 0 Å². The average molecular weight is 527 g/mol. The standard InChI is InChI=1S/C10H17N3O2.C9H13Cl3N4O2/c1-4-5-14-10-8(3)7(2)9(6-15-10)12-13-11;1-4-5(2)7(17-3-6(4)15-16-14)18-8(13)9(10,11)12/h4,7-10H,1,5-6H2,2-3H3;4-7,13H,3H2,1-2H3/t7-,8-,9-,10-;4-,5-,6-,7?/m00/s1. The lowest BCUT2D eigenvalue weighted by atomic mass is 9.87. The first-order chi connectivity index (χ1) is 15.5. The molecule has 1 unspecified atom stereocenters. The summed E-state index contributed by atoms with van der Waals surface area (Å²) in [4.78, 5) is 5.59. The minimum absolute atomic E-state index is 0.0443. The minimum atomic E-state index is -1.91. The number of nitrogens with one attached hydrogen (secondary N) is 1. The normalized spacial score (nSPS) is 33.9. The number of ether oxygens (including phenoxy) is 4. The summed E-state index contributed by atoms with van der Waals surface area (Å²) in [5.41, 5.74) is 16.8. The SMILES string of the molecule is C=CCO[C@H]1OC[C@H](N=[N+]=[N-])[C@@H](C)[C@@H]1C.C[C@@H]1[C@@H](N=[N+]=[N-])COC(OC(=N)C(Cl)(Cl)Cl)[C@H]1C. The molecule has 11 nitrogen and oxygen atoms in total. The highest BCUT2D eigenvalue weighted by atomic mass is 35.6.